The van der Waals surface area contributed by atoms with Gasteiger partial charge in [0.2, 0.25) is 0 Å². The number of hydrogen-bond acceptors (Lipinski definition) is 2. The topological polar surface area (TPSA) is 68.0 Å². The second-order valence-electron chi connectivity index (χ2n) is 3.42. The Hall–Kier alpha value is -1.29. The number of pyridine rings is 1. The molecule has 1 aliphatic carbocycles. The van der Waals surface area contributed by atoms with Crippen LogP contribution in [0.1, 0.15) is 18.5 Å². The Labute approximate surface area is 86.5 Å². The van der Waals surface area contributed by atoms with Gasteiger partial charge in [0, 0.05) is 0 Å². The van der Waals surface area contributed by atoms with Crippen molar-refractivity contribution in [3.05, 3.63) is 29.0 Å². The Morgan fingerprint density at radius 1 is 1.57 bits per heavy atom. The Morgan fingerprint density at radius 3 is 2.79 bits per heavy atom. The number of rotatable bonds is 2. The number of primary amides is 1. The van der Waals surface area contributed by atoms with E-state index in [4.69, 9.17) is 17.3 Å². The van der Waals surface area contributed by atoms with Gasteiger partial charge in [-0.2, -0.15) is 0 Å². The van der Waals surface area contributed by atoms with Gasteiger partial charge in [0.15, 0.2) is 0 Å². The van der Waals surface area contributed by atoms with Crippen molar-refractivity contribution in [1.29, 1.82) is 0 Å². The van der Waals surface area contributed by atoms with Gasteiger partial charge >= 0.3 is 6.03 Å². The second kappa shape index (κ2) is 3.13. The predicted molar refractivity (Wildman–Crippen MR) is 52.9 cm³/mol. The molecule has 2 amide bonds. The van der Waals surface area contributed by atoms with Crippen LogP contribution in [0.15, 0.2) is 18.2 Å². The summed E-state index contributed by atoms with van der Waals surface area (Å²) in [5.74, 6) is 0. The van der Waals surface area contributed by atoms with Crippen molar-refractivity contribution in [3.8, 4) is 0 Å². The maximum absolute atomic E-state index is 10.8. The van der Waals surface area contributed by atoms with Gasteiger partial charge in [0.05, 0.1) is 11.2 Å². The Balaban J connectivity index is 2.26. The minimum absolute atomic E-state index is 0.364. The first-order valence-corrected chi connectivity index (χ1v) is 4.71. The summed E-state index contributed by atoms with van der Waals surface area (Å²) in [5, 5.41) is 3.12. The molecule has 1 aliphatic rings. The van der Waals surface area contributed by atoms with Crippen molar-refractivity contribution in [2.24, 2.45) is 5.73 Å². The lowest BCUT2D eigenvalue weighted by molar-refractivity contribution is 0.244. The highest BCUT2D eigenvalue weighted by atomic mass is 35.5. The number of carbonyl (C=O) groups excluding carboxylic acids is 1. The average molecular weight is 212 g/mol. The molecule has 3 N–H and O–H groups in total. The van der Waals surface area contributed by atoms with Crippen LogP contribution in [0.2, 0.25) is 5.15 Å². The molecule has 1 heterocycles. The van der Waals surface area contributed by atoms with Crippen LogP contribution in [-0.2, 0) is 5.54 Å². The van der Waals surface area contributed by atoms with E-state index in [0.717, 1.165) is 18.5 Å². The van der Waals surface area contributed by atoms with Gasteiger partial charge in [-0.05, 0) is 25.0 Å². The Kier molecular flexibility index (Phi) is 2.07. The standard InChI is InChI=1S/C9H10ClN3O/c10-7-3-1-2-6(12-7)9(4-5-9)13-8(11)14/h1-3H,4-5H2,(H3,11,13,14). The molecular weight excluding hydrogens is 202 g/mol. The van der Waals surface area contributed by atoms with Gasteiger partial charge in [-0.1, -0.05) is 17.7 Å². The van der Waals surface area contributed by atoms with E-state index in [1.807, 2.05) is 12.1 Å². The van der Waals surface area contributed by atoms with Crippen molar-refractivity contribution < 1.29 is 4.79 Å². The quantitative estimate of drug-likeness (QED) is 0.726. The van der Waals surface area contributed by atoms with Crippen LogP contribution < -0.4 is 11.1 Å². The van der Waals surface area contributed by atoms with Gasteiger partial charge in [-0.15, -0.1) is 0 Å². The number of carbonyl (C=O) groups is 1. The van der Waals surface area contributed by atoms with Crippen molar-refractivity contribution in [3.63, 3.8) is 0 Å². The number of halogens is 1. The third kappa shape index (κ3) is 1.65. The number of hydrogen-bond donors (Lipinski definition) is 2. The van der Waals surface area contributed by atoms with E-state index in [2.05, 4.69) is 10.3 Å². The summed E-state index contributed by atoms with van der Waals surface area (Å²) in [7, 11) is 0. The maximum atomic E-state index is 10.8. The molecule has 0 unspecified atom stereocenters. The average Bonchev–Trinajstić information content (AvgIpc) is 2.84. The minimum atomic E-state index is -0.524. The molecule has 1 aromatic heterocycles. The van der Waals surface area contributed by atoms with E-state index >= 15 is 0 Å². The first kappa shape index (κ1) is 9.27. The van der Waals surface area contributed by atoms with E-state index in [1.165, 1.54) is 0 Å². The normalized spacial score (nSPS) is 17.5. The van der Waals surface area contributed by atoms with Crippen molar-refractivity contribution >= 4 is 17.6 Å². The summed E-state index contributed by atoms with van der Waals surface area (Å²) >= 11 is 5.76. The monoisotopic (exact) mass is 211 g/mol. The lowest BCUT2D eigenvalue weighted by atomic mass is 10.1. The third-order valence-corrected chi connectivity index (χ3v) is 2.53. The lowest BCUT2D eigenvalue weighted by Crippen LogP contribution is -2.39. The zero-order chi connectivity index (χ0) is 10.2. The lowest BCUT2D eigenvalue weighted by Gasteiger charge is -2.14. The number of nitrogens with two attached hydrogens (primary N) is 1. The highest BCUT2D eigenvalue weighted by Crippen LogP contribution is 2.44. The van der Waals surface area contributed by atoms with Crippen LogP contribution in [0.4, 0.5) is 4.79 Å². The molecule has 1 aromatic rings. The molecule has 5 heteroatoms. The van der Waals surface area contributed by atoms with E-state index in [-0.39, 0.29) is 5.54 Å². The summed E-state index contributed by atoms with van der Waals surface area (Å²) in [5.41, 5.74) is 5.50. The second-order valence-corrected chi connectivity index (χ2v) is 3.80. The van der Waals surface area contributed by atoms with E-state index < -0.39 is 6.03 Å². The van der Waals surface area contributed by atoms with Crippen LogP contribution in [-0.4, -0.2) is 11.0 Å². The van der Waals surface area contributed by atoms with Gasteiger partial charge < -0.3 is 11.1 Å². The molecule has 14 heavy (non-hydrogen) atoms. The summed E-state index contributed by atoms with van der Waals surface area (Å²) in [4.78, 5) is 14.9. The van der Waals surface area contributed by atoms with Crippen LogP contribution in [0.25, 0.3) is 0 Å². The summed E-state index contributed by atoms with van der Waals surface area (Å²) < 4.78 is 0. The zero-order valence-electron chi connectivity index (χ0n) is 7.46. The first-order valence-electron chi connectivity index (χ1n) is 4.33. The predicted octanol–water partition coefficient (Wildman–Crippen LogP) is 1.39. The molecule has 2 rings (SSSR count). The Morgan fingerprint density at radius 2 is 2.29 bits per heavy atom. The molecule has 0 atom stereocenters. The SMILES string of the molecule is NC(=O)NC1(c2cccc(Cl)n2)CC1. The fourth-order valence-electron chi connectivity index (χ4n) is 1.48. The number of amides is 2. The van der Waals surface area contributed by atoms with Crippen LogP contribution in [0.3, 0.4) is 0 Å². The van der Waals surface area contributed by atoms with E-state index in [0.29, 0.717) is 5.15 Å². The minimum Gasteiger partial charge on any atom is -0.352 e. The summed E-state index contributed by atoms with van der Waals surface area (Å²) in [6.07, 6.45) is 1.73. The van der Waals surface area contributed by atoms with Crippen molar-refractivity contribution in [2.45, 2.75) is 18.4 Å². The molecule has 0 aromatic carbocycles. The molecule has 1 fully saturated rings. The molecule has 0 radical (unpaired) electrons. The van der Waals surface area contributed by atoms with E-state index in [9.17, 15) is 4.79 Å². The van der Waals surface area contributed by atoms with Crippen molar-refractivity contribution in [1.82, 2.24) is 10.3 Å². The highest BCUT2D eigenvalue weighted by Gasteiger charge is 2.46. The van der Waals surface area contributed by atoms with E-state index in [1.54, 1.807) is 6.07 Å². The summed E-state index contributed by atoms with van der Waals surface area (Å²) in [6, 6.07) is 4.83. The molecule has 74 valence electrons. The molecule has 4 nitrogen and oxygen atoms in total. The smallest absolute Gasteiger partial charge is 0.312 e. The molecule has 0 saturated heterocycles. The number of nitrogens with zero attached hydrogens (tertiary/aromatic N) is 1. The molecule has 0 aliphatic heterocycles. The fraction of sp³-hybridized carbons (Fsp3) is 0.333. The first-order chi connectivity index (χ1) is 6.62. The van der Waals surface area contributed by atoms with Gasteiger partial charge in [0.1, 0.15) is 5.15 Å². The zero-order valence-corrected chi connectivity index (χ0v) is 8.21. The van der Waals surface area contributed by atoms with Crippen LogP contribution >= 0.6 is 11.6 Å². The highest BCUT2D eigenvalue weighted by molar-refractivity contribution is 6.29. The number of aromatic nitrogens is 1. The fourth-order valence-corrected chi connectivity index (χ4v) is 1.64. The molecule has 1 saturated carbocycles. The number of nitrogens with one attached hydrogen (secondary N) is 1. The number of urea groups is 1. The van der Waals surface area contributed by atoms with Gasteiger partial charge in [0.25, 0.3) is 0 Å². The largest absolute Gasteiger partial charge is 0.352 e. The van der Waals surface area contributed by atoms with Crippen molar-refractivity contribution in [2.75, 3.05) is 0 Å². The molecule has 0 spiro atoms. The maximum Gasteiger partial charge on any atom is 0.312 e. The molecular formula is C9H10ClN3O. The van der Waals surface area contributed by atoms with Gasteiger partial charge in [-0.3, -0.25) is 0 Å². The van der Waals surface area contributed by atoms with Crippen LogP contribution in [0, 0.1) is 0 Å². The van der Waals surface area contributed by atoms with Crippen LogP contribution in [0.5, 0.6) is 0 Å². The molecule has 0 bridgehead atoms. The summed E-state index contributed by atoms with van der Waals surface area (Å²) in [6.45, 7) is 0. The van der Waals surface area contributed by atoms with Gasteiger partial charge in [-0.25, -0.2) is 9.78 Å². The third-order valence-electron chi connectivity index (χ3n) is 2.32. The Bertz CT molecular complexity index is 376.